The van der Waals surface area contributed by atoms with Gasteiger partial charge in [-0.15, -0.1) is 0 Å². The molecule has 2 rings (SSSR count). The summed E-state index contributed by atoms with van der Waals surface area (Å²) in [6.07, 6.45) is 0.361. The Morgan fingerprint density at radius 2 is 1.91 bits per heavy atom. The number of carbonyl (C=O) groups is 1. The number of halogens is 1. The van der Waals surface area contributed by atoms with Crippen LogP contribution in [0.2, 0.25) is 0 Å². The van der Waals surface area contributed by atoms with E-state index in [1.54, 1.807) is 4.90 Å². The second kappa shape index (κ2) is 7.99. The Morgan fingerprint density at radius 1 is 1.18 bits per heavy atom. The van der Waals surface area contributed by atoms with E-state index in [-0.39, 0.29) is 11.9 Å². The normalized spacial score (nSPS) is 11.8. The van der Waals surface area contributed by atoms with Crippen LogP contribution in [0.5, 0.6) is 5.75 Å². The van der Waals surface area contributed by atoms with Gasteiger partial charge in [-0.05, 0) is 30.7 Å². The van der Waals surface area contributed by atoms with Crippen LogP contribution in [-0.4, -0.2) is 24.5 Å². The molecule has 0 aliphatic carbocycles. The molecule has 0 fully saturated rings. The molecule has 1 atom stereocenters. The average Bonchev–Trinajstić information content (AvgIpc) is 2.54. The van der Waals surface area contributed by atoms with Crippen molar-refractivity contribution in [2.45, 2.75) is 19.4 Å². The summed E-state index contributed by atoms with van der Waals surface area (Å²) in [5.74, 6) is 0.840. The van der Waals surface area contributed by atoms with Crippen molar-refractivity contribution >= 4 is 21.8 Å². The van der Waals surface area contributed by atoms with Crippen LogP contribution in [0.1, 0.15) is 24.9 Å². The van der Waals surface area contributed by atoms with Crippen LogP contribution in [0.25, 0.3) is 0 Å². The zero-order chi connectivity index (χ0) is 15.9. The third-order valence-electron chi connectivity index (χ3n) is 3.64. The fraction of sp³-hybridized carbons (Fsp3) is 0.278. The summed E-state index contributed by atoms with van der Waals surface area (Å²) in [6.45, 7) is 2.41. The number of hydrogen-bond donors (Lipinski definition) is 0. The number of carbonyl (C=O) groups excluding carboxylic acids is 1. The van der Waals surface area contributed by atoms with Crippen LogP contribution < -0.4 is 4.74 Å². The fourth-order valence-electron chi connectivity index (χ4n) is 2.16. The molecule has 4 heteroatoms. The van der Waals surface area contributed by atoms with E-state index in [2.05, 4.69) is 15.9 Å². The first-order chi connectivity index (χ1) is 10.6. The van der Waals surface area contributed by atoms with Crippen molar-refractivity contribution in [1.82, 2.24) is 4.90 Å². The smallest absolute Gasteiger partial charge is 0.226 e. The number of ether oxygens (including phenoxy) is 1. The molecule has 0 bridgehead atoms. The second-order valence-corrected chi connectivity index (χ2v) is 6.06. The van der Waals surface area contributed by atoms with Crippen molar-refractivity contribution in [1.29, 1.82) is 0 Å². The molecular weight excluding hydrogens is 342 g/mol. The number of amides is 1. The van der Waals surface area contributed by atoms with E-state index in [1.165, 1.54) is 0 Å². The summed E-state index contributed by atoms with van der Waals surface area (Å²) in [6, 6.07) is 17.7. The first-order valence-corrected chi connectivity index (χ1v) is 8.06. The Labute approximate surface area is 140 Å². The minimum atomic E-state index is 0.0552. The first-order valence-electron chi connectivity index (χ1n) is 7.27. The predicted molar refractivity (Wildman–Crippen MR) is 91.9 cm³/mol. The van der Waals surface area contributed by atoms with Gasteiger partial charge in [0.1, 0.15) is 5.75 Å². The van der Waals surface area contributed by atoms with Gasteiger partial charge in [0, 0.05) is 11.5 Å². The van der Waals surface area contributed by atoms with Crippen LogP contribution in [0.3, 0.4) is 0 Å². The summed E-state index contributed by atoms with van der Waals surface area (Å²) < 4.78 is 6.58. The highest BCUT2D eigenvalue weighted by atomic mass is 79.9. The van der Waals surface area contributed by atoms with Gasteiger partial charge in [0.2, 0.25) is 5.91 Å². The third kappa shape index (κ3) is 4.60. The van der Waals surface area contributed by atoms with Gasteiger partial charge in [-0.1, -0.05) is 52.3 Å². The fourth-order valence-corrected chi connectivity index (χ4v) is 2.54. The number of hydrogen-bond acceptors (Lipinski definition) is 2. The Kier molecular flexibility index (Phi) is 6.01. The molecule has 0 saturated heterocycles. The van der Waals surface area contributed by atoms with Gasteiger partial charge < -0.3 is 9.64 Å². The van der Waals surface area contributed by atoms with E-state index in [1.807, 2.05) is 68.6 Å². The monoisotopic (exact) mass is 361 g/mol. The van der Waals surface area contributed by atoms with Gasteiger partial charge in [0.05, 0.1) is 19.1 Å². The van der Waals surface area contributed by atoms with E-state index in [4.69, 9.17) is 4.74 Å². The maximum absolute atomic E-state index is 12.3. The lowest BCUT2D eigenvalue weighted by atomic mass is 10.1. The SMILES string of the molecule is CC(c1ccccc1)N(C)C(=O)CCOc1cccc(Br)c1. The van der Waals surface area contributed by atoms with Crippen molar-refractivity contribution in [2.24, 2.45) is 0 Å². The molecule has 0 radical (unpaired) electrons. The van der Waals surface area contributed by atoms with E-state index >= 15 is 0 Å². The maximum Gasteiger partial charge on any atom is 0.226 e. The number of rotatable bonds is 6. The summed E-state index contributed by atoms with van der Waals surface area (Å²) >= 11 is 3.40. The standard InChI is InChI=1S/C18H20BrNO2/c1-14(15-7-4-3-5-8-15)20(2)18(21)11-12-22-17-10-6-9-16(19)13-17/h3-10,13-14H,11-12H2,1-2H3. The Hall–Kier alpha value is -1.81. The van der Waals surface area contributed by atoms with Crippen molar-refractivity contribution in [3.8, 4) is 5.75 Å². The van der Waals surface area contributed by atoms with Gasteiger partial charge in [-0.2, -0.15) is 0 Å². The highest BCUT2D eigenvalue weighted by Gasteiger charge is 2.16. The van der Waals surface area contributed by atoms with Crippen LogP contribution in [0, 0.1) is 0 Å². The molecule has 116 valence electrons. The quantitative estimate of drug-likeness (QED) is 0.761. The maximum atomic E-state index is 12.3. The Morgan fingerprint density at radius 3 is 2.59 bits per heavy atom. The number of benzene rings is 2. The van der Waals surface area contributed by atoms with Gasteiger partial charge >= 0.3 is 0 Å². The summed E-state index contributed by atoms with van der Waals surface area (Å²) in [7, 11) is 1.83. The third-order valence-corrected chi connectivity index (χ3v) is 4.13. The predicted octanol–water partition coefficient (Wildman–Crippen LogP) is 4.44. The lowest BCUT2D eigenvalue weighted by Crippen LogP contribution is -2.30. The molecule has 22 heavy (non-hydrogen) atoms. The lowest BCUT2D eigenvalue weighted by Gasteiger charge is -2.25. The minimum Gasteiger partial charge on any atom is -0.493 e. The molecule has 0 saturated carbocycles. The van der Waals surface area contributed by atoms with Crippen molar-refractivity contribution in [3.63, 3.8) is 0 Å². The van der Waals surface area contributed by atoms with Crippen molar-refractivity contribution in [3.05, 3.63) is 64.6 Å². The zero-order valence-corrected chi connectivity index (χ0v) is 14.4. The molecule has 0 heterocycles. The van der Waals surface area contributed by atoms with E-state index in [9.17, 15) is 4.79 Å². The van der Waals surface area contributed by atoms with E-state index in [0.717, 1.165) is 15.8 Å². The average molecular weight is 362 g/mol. The first kappa shape index (κ1) is 16.6. The molecule has 2 aromatic rings. The van der Waals surface area contributed by atoms with Crippen molar-refractivity contribution < 1.29 is 9.53 Å². The van der Waals surface area contributed by atoms with Crippen LogP contribution in [0.15, 0.2) is 59.1 Å². The molecular formula is C18H20BrNO2. The Balaban J connectivity index is 1.84. The van der Waals surface area contributed by atoms with Crippen LogP contribution in [0.4, 0.5) is 0 Å². The molecule has 0 aliphatic rings. The minimum absolute atomic E-state index is 0.0552. The van der Waals surface area contributed by atoms with E-state index in [0.29, 0.717) is 13.0 Å². The topological polar surface area (TPSA) is 29.5 Å². The second-order valence-electron chi connectivity index (χ2n) is 5.15. The molecule has 2 aromatic carbocycles. The number of nitrogens with zero attached hydrogens (tertiary/aromatic N) is 1. The van der Waals surface area contributed by atoms with E-state index < -0.39 is 0 Å². The molecule has 3 nitrogen and oxygen atoms in total. The summed E-state index contributed by atoms with van der Waals surface area (Å²) in [5, 5.41) is 0. The summed E-state index contributed by atoms with van der Waals surface area (Å²) in [5.41, 5.74) is 1.13. The molecule has 0 spiro atoms. The highest BCUT2D eigenvalue weighted by Crippen LogP contribution is 2.20. The zero-order valence-electron chi connectivity index (χ0n) is 12.8. The molecule has 1 unspecified atom stereocenters. The van der Waals surface area contributed by atoms with Gasteiger partial charge in [0.25, 0.3) is 0 Å². The molecule has 0 aromatic heterocycles. The largest absolute Gasteiger partial charge is 0.493 e. The van der Waals surface area contributed by atoms with Crippen LogP contribution in [-0.2, 0) is 4.79 Å². The lowest BCUT2D eigenvalue weighted by molar-refractivity contribution is -0.132. The molecule has 1 amide bonds. The highest BCUT2D eigenvalue weighted by molar-refractivity contribution is 9.10. The Bertz CT molecular complexity index is 615. The van der Waals surface area contributed by atoms with Crippen LogP contribution >= 0.6 is 15.9 Å². The molecule has 0 aliphatic heterocycles. The molecule has 0 N–H and O–H groups in total. The van der Waals surface area contributed by atoms with Gasteiger partial charge in [0.15, 0.2) is 0 Å². The van der Waals surface area contributed by atoms with Crippen molar-refractivity contribution in [2.75, 3.05) is 13.7 Å². The van der Waals surface area contributed by atoms with Gasteiger partial charge in [-0.25, -0.2) is 0 Å². The summed E-state index contributed by atoms with van der Waals surface area (Å²) in [4.78, 5) is 14.0. The van der Waals surface area contributed by atoms with Gasteiger partial charge in [-0.3, -0.25) is 4.79 Å².